The van der Waals surface area contributed by atoms with Crippen molar-refractivity contribution in [2.24, 2.45) is 0 Å². The number of nitrogens with zero attached hydrogens (tertiary/aromatic N) is 1. The summed E-state index contributed by atoms with van der Waals surface area (Å²) < 4.78 is 0. The first-order valence-corrected chi connectivity index (χ1v) is 6.30. The lowest BCUT2D eigenvalue weighted by molar-refractivity contribution is -0.121. The van der Waals surface area contributed by atoms with Gasteiger partial charge in [-0.05, 0) is 33.7 Å². The average molecular weight is 227 g/mol. The summed E-state index contributed by atoms with van der Waals surface area (Å²) in [5.41, 5.74) is 0. The van der Waals surface area contributed by atoms with Crippen molar-refractivity contribution in [3.05, 3.63) is 0 Å². The molecule has 1 unspecified atom stereocenters. The Hall–Kier alpha value is -0.610. The van der Waals surface area contributed by atoms with E-state index in [1.807, 2.05) is 0 Å². The Kier molecular flexibility index (Phi) is 5.77. The molecule has 94 valence electrons. The molecule has 0 aromatic carbocycles. The summed E-state index contributed by atoms with van der Waals surface area (Å²) in [7, 11) is 2.13. The van der Waals surface area contributed by atoms with Gasteiger partial charge in [0.2, 0.25) is 5.91 Å². The van der Waals surface area contributed by atoms with Crippen LogP contribution in [0.2, 0.25) is 0 Å². The van der Waals surface area contributed by atoms with Crippen LogP contribution in [0.4, 0.5) is 0 Å². The van der Waals surface area contributed by atoms with Crippen LogP contribution in [0.5, 0.6) is 0 Å². The molecular weight excluding hydrogens is 202 g/mol. The van der Waals surface area contributed by atoms with Crippen LogP contribution in [-0.4, -0.2) is 49.6 Å². The lowest BCUT2D eigenvalue weighted by Crippen LogP contribution is -2.39. The van der Waals surface area contributed by atoms with Gasteiger partial charge in [0.1, 0.15) is 0 Å². The van der Waals surface area contributed by atoms with E-state index < -0.39 is 0 Å². The third kappa shape index (κ3) is 4.94. The predicted molar refractivity (Wildman–Crippen MR) is 66.4 cm³/mol. The normalized spacial score (nSPS) is 22.3. The maximum atomic E-state index is 11.3. The zero-order valence-corrected chi connectivity index (χ0v) is 10.8. The van der Waals surface area contributed by atoms with Gasteiger partial charge in [0, 0.05) is 38.1 Å². The molecule has 0 radical (unpaired) electrons. The Morgan fingerprint density at radius 2 is 2.31 bits per heavy atom. The van der Waals surface area contributed by atoms with Crippen LogP contribution in [0.15, 0.2) is 0 Å². The van der Waals surface area contributed by atoms with Crippen LogP contribution < -0.4 is 10.6 Å². The summed E-state index contributed by atoms with van der Waals surface area (Å²) in [5.74, 6) is 0.187. The first-order chi connectivity index (χ1) is 7.59. The van der Waals surface area contributed by atoms with Gasteiger partial charge >= 0.3 is 0 Å². The van der Waals surface area contributed by atoms with Gasteiger partial charge in [0.05, 0.1) is 0 Å². The Balaban J connectivity index is 2.18. The number of rotatable bonds is 5. The molecule has 0 aliphatic carbocycles. The van der Waals surface area contributed by atoms with Crippen LogP contribution in [0, 0.1) is 0 Å². The van der Waals surface area contributed by atoms with E-state index in [1.54, 1.807) is 0 Å². The van der Waals surface area contributed by atoms with E-state index >= 15 is 0 Å². The molecule has 1 saturated heterocycles. The summed E-state index contributed by atoms with van der Waals surface area (Å²) in [6, 6.07) is 0.947. The minimum Gasteiger partial charge on any atom is -0.356 e. The standard InChI is InChI=1S/C12H25N3O/c1-10(2)15(3)8-7-13-11-5-4-6-14-12(16)9-11/h10-11,13H,4-9H2,1-3H3,(H,14,16). The second-order valence-electron chi connectivity index (χ2n) is 4.92. The first kappa shape index (κ1) is 13.5. The van der Waals surface area contributed by atoms with Crippen molar-refractivity contribution in [2.75, 3.05) is 26.7 Å². The summed E-state index contributed by atoms with van der Waals surface area (Å²) in [6.45, 7) is 7.23. The second-order valence-corrected chi connectivity index (χ2v) is 4.92. The zero-order chi connectivity index (χ0) is 12.0. The van der Waals surface area contributed by atoms with Crippen molar-refractivity contribution in [3.8, 4) is 0 Å². The fourth-order valence-electron chi connectivity index (χ4n) is 1.85. The smallest absolute Gasteiger partial charge is 0.221 e. The highest BCUT2D eigenvalue weighted by Gasteiger charge is 2.16. The van der Waals surface area contributed by atoms with Gasteiger partial charge in [-0.15, -0.1) is 0 Å². The number of carbonyl (C=O) groups is 1. The molecule has 1 amide bonds. The average Bonchev–Trinajstić information content (AvgIpc) is 2.42. The monoisotopic (exact) mass is 227 g/mol. The van der Waals surface area contributed by atoms with Gasteiger partial charge in [0.15, 0.2) is 0 Å². The SMILES string of the molecule is CC(C)N(C)CCNC1CCCNC(=O)C1. The summed E-state index contributed by atoms with van der Waals surface area (Å²) in [6.07, 6.45) is 2.82. The Morgan fingerprint density at radius 1 is 1.56 bits per heavy atom. The lowest BCUT2D eigenvalue weighted by atomic mass is 10.1. The van der Waals surface area contributed by atoms with E-state index in [1.165, 1.54) is 0 Å². The fraction of sp³-hybridized carbons (Fsp3) is 0.917. The van der Waals surface area contributed by atoms with E-state index in [9.17, 15) is 4.79 Å². The molecule has 0 spiro atoms. The number of nitrogens with one attached hydrogen (secondary N) is 2. The molecule has 4 heteroatoms. The minimum absolute atomic E-state index is 0.187. The van der Waals surface area contributed by atoms with Gasteiger partial charge in [-0.2, -0.15) is 0 Å². The van der Waals surface area contributed by atoms with Crippen LogP contribution in [0.25, 0.3) is 0 Å². The topological polar surface area (TPSA) is 44.4 Å². The molecule has 1 aliphatic heterocycles. The number of hydrogen-bond acceptors (Lipinski definition) is 3. The third-order valence-electron chi connectivity index (χ3n) is 3.26. The maximum absolute atomic E-state index is 11.3. The molecule has 0 bridgehead atoms. The molecular formula is C12H25N3O. The van der Waals surface area contributed by atoms with Gasteiger partial charge < -0.3 is 15.5 Å². The van der Waals surface area contributed by atoms with Crippen LogP contribution in [-0.2, 0) is 4.79 Å². The van der Waals surface area contributed by atoms with E-state index in [0.717, 1.165) is 32.5 Å². The molecule has 1 aliphatic rings. The van der Waals surface area contributed by atoms with Crippen molar-refractivity contribution in [1.29, 1.82) is 0 Å². The van der Waals surface area contributed by atoms with E-state index in [2.05, 4.69) is 36.4 Å². The van der Waals surface area contributed by atoms with E-state index in [0.29, 0.717) is 18.5 Å². The highest BCUT2D eigenvalue weighted by atomic mass is 16.1. The Morgan fingerprint density at radius 3 is 3.00 bits per heavy atom. The molecule has 16 heavy (non-hydrogen) atoms. The number of amides is 1. The second kappa shape index (κ2) is 6.86. The highest BCUT2D eigenvalue weighted by Crippen LogP contribution is 2.05. The summed E-state index contributed by atoms with van der Waals surface area (Å²) in [5, 5.41) is 6.38. The number of carbonyl (C=O) groups excluding carboxylic acids is 1. The summed E-state index contributed by atoms with van der Waals surface area (Å²) in [4.78, 5) is 13.6. The zero-order valence-electron chi connectivity index (χ0n) is 10.8. The van der Waals surface area contributed by atoms with Gasteiger partial charge in [-0.1, -0.05) is 0 Å². The van der Waals surface area contributed by atoms with Crippen molar-refractivity contribution in [2.45, 2.75) is 45.2 Å². The number of likely N-dealkylation sites (N-methyl/N-ethyl adjacent to an activating group) is 1. The third-order valence-corrected chi connectivity index (χ3v) is 3.26. The van der Waals surface area contributed by atoms with E-state index in [4.69, 9.17) is 0 Å². The fourth-order valence-corrected chi connectivity index (χ4v) is 1.85. The van der Waals surface area contributed by atoms with Gasteiger partial charge in [0.25, 0.3) is 0 Å². The predicted octanol–water partition coefficient (Wildman–Crippen LogP) is 0.585. The van der Waals surface area contributed by atoms with Crippen molar-refractivity contribution < 1.29 is 4.79 Å². The quantitative estimate of drug-likeness (QED) is 0.722. The largest absolute Gasteiger partial charge is 0.356 e. The van der Waals surface area contributed by atoms with Crippen molar-refractivity contribution >= 4 is 5.91 Å². The van der Waals surface area contributed by atoms with Crippen molar-refractivity contribution in [1.82, 2.24) is 15.5 Å². The Labute approximate surface area is 98.8 Å². The first-order valence-electron chi connectivity index (χ1n) is 6.30. The molecule has 0 saturated carbocycles. The number of hydrogen-bond donors (Lipinski definition) is 2. The van der Waals surface area contributed by atoms with Crippen LogP contribution in [0.1, 0.15) is 33.1 Å². The molecule has 1 fully saturated rings. The van der Waals surface area contributed by atoms with Crippen LogP contribution in [0.3, 0.4) is 0 Å². The van der Waals surface area contributed by atoms with Crippen LogP contribution >= 0.6 is 0 Å². The van der Waals surface area contributed by atoms with Crippen molar-refractivity contribution in [3.63, 3.8) is 0 Å². The highest BCUT2D eigenvalue weighted by molar-refractivity contribution is 5.76. The minimum atomic E-state index is 0.187. The lowest BCUT2D eigenvalue weighted by Gasteiger charge is -2.23. The van der Waals surface area contributed by atoms with E-state index in [-0.39, 0.29) is 5.91 Å². The molecule has 1 atom stereocenters. The molecule has 1 rings (SSSR count). The maximum Gasteiger partial charge on any atom is 0.221 e. The van der Waals surface area contributed by atoms with Gasteiger partial charge in [-0.25, -0.2) is 0 Å². The Bertz CT molecular complexity index is 218. The molecule has 0 aromatic heterocycles. The molecule has 1 heterocycles. The molecule has 0 aromatic rings. The van der Waals surface area contributed by atoms with Gasteiger partial charge in [-0.3, -0.25) is 4.79 Å². The molecule has 4 nitrogen and oxygen atoms in total. The molecule has 2 N–H and O–H groups in total. The summed E-state index contributed by atoms with van der Waals surface area (Å²) >= 11 is 0.